The fraction of sp³-hybridized carbons (Fsp3) is 0.667. The zero-order valence-corrected chi connectivity index (χ0v) is 9.99. The molecule has 1 amide bonds. The molecule has 94 valence electrons. The summed E-state index contributed by atoms with van der Waals surface area (Å²) in [6.07, 6.45) is 5.60. The van der Waals surface area contributed by atoms with Gasteiger partial charge in [0.2, 0.25) is 0 Å². The maximum Gasteiger partial charge on any atom is 0.333 e. The SMILES string of the molecule is CCOC(=O)/C=C1/NC2CCCCC2NC1=O. The molecule has 1 aliphatic heterocycles. The van der Waals surface area contributed by atoms with Gasteiger partial charge in [-0.15, -0.1) is 0 Å². The third kappa shape index (κ3) is 2.78. The molecule has 2 unspecified atom stereocenters. The second kappa shape index (κ2) is 5.21. The Morgan fingerprint density at radius 1 is 1.35 bits per heavy atom. The summed E-state index contributed by atoms with van der Waals surface area (Å²) in [5.41, 5.74) is 0.326. The van der Waals surface area contributed by atoms with Gasteiger partial charge in [0, 0.05) is 12.1 Å². The molecule has 2 atom stereocenters. The van der Waals surface area contributed by atoms with E-state index in [0.717, 1.165) is 25.7 Å². The molecular formula is C12H18N2O3. The molecule has 0 bridgehead atoms. The number of esters is 1. The molecule has 2 fully saturated rings. The van der Waals surface area contributed by atoms with E-state index in [1.165, 1.54) is 6.08 Å². The van der Waals surface area contributed by atoms with E-state index in [4.69, 9.17) is 4.74 Å². The predicted octanol–water partition coefficient (Wildman–Crippen LogP) is 0.464. The van der Waals surface area contributed by atoms with Crippen LogP contribution in [0.1, 0.15) is 32.6 Å². The highest BCUT2D eigenvalue weighted by molar-refractivity contribution is 5.99. The monoisotopic (exact) mass is 238 g/mol. The van der Waals surface area contributed by atoms with Gasteiger partial charge in [-0.1, -0.05) is 12.8 Å². The molecule has 0 aromatic rings. The van der Waals surface area contributed by atoms with E-state index in [2.05, 4.69) is 10.6 Å². The Labute approximate surface area is 101 Å². The summed E-state index contributed by atoms with van der Waals surface area (Å²) in [5.74, 6) is -0.680. The van der Waals surface area contributed by atoms with Crippen LogP contribution in [0.25, 0.3) is 0 Å². The van der Waals surface area contributed by atoms with Gasteiger partial charge in [-0.2, -0.15) is 0 Å². The van der Waals surface area contributed by atoms with E-state index in [1.807, 2.05) is 0 Å². The molecule has 5 nitrogen and oxygen atoms in total. The first-order valence-electron chi connectivity index (χ1n) is 6.16. The number of hydrogen-bond acceptors (Lipinski definition) is 4. The number of carbonyl (C=O) groups is 2. The van der Waals surface area contributed by atoms with Crippen LogP contribution in [-0.4, -0.2) is 30.6 Å². The van der Waals surface area contributed by atoms with Crippen LogP contribution in [0.4, 0.5) is 0 Å². The molecule has 0 aromatic heterocycles. The van der Waals surface area contributed by atoms with Gasteiger partial charge in [-0.3, -0.25) is 4.79 Å². The van der Waals surface area contributed by atoms with Gasteiger partial charge >= 0.3 is 5.97 Å². The lowest BCUT2D eigenvalue weighted by Gasteiger charge is -2.38. The van der Waals surface area contributed by atoms with Crippen LogP contribution < -0.4 is 10.6 Å². The van der Waals surface area contributed by atoms with E-state index < -0.39 is 5.97 Å². The van der Waals surface area contributed by atoms with Crippen LogP contribution in [0.3, 0.4) is 0 Å². The first-order chi connectivity index (χ1) is 8.20. The molecule has 1 saturated carbocycles. The van der Waals surface area contributed by atoms with Gasteiger partial charge in [0.1, 0.15) is 5.70 Å². The Kier molecular flexibility index (Phi) is 3.66. The van der Waals surface area contributed by atoms with Crippen LogP contribution in [-0.2, 0) is 14.3 Å². The minimum absolute atomic E-state index is 0.204. The molecular weight excluding hydrogens is 220 g/mol. The fourth-order valence-electron chi connectivity index (χ4n) is 2.40. The van der Waals surface area contributed by atoms with E-state index in [0.29, 0.717) is 12.3 Å². The molecule has 1 saturated heterocycles. The topological polar surface area (TPSA) is 67.4 Å². The molecule has 5 heteroatoms. The molecule has 0 spiro atoms. The van der Waals surface area contributed by atoms with Gasteiger partial charge in [0.05, 0.1) is 12.7 Å². The van der Waals surface area contributed by atoms with Crippen molar-refractivity contribution in [1.82, 2.24) is 10.6 Å². The summed E-state index contributed by atoms with van der Waals surface area (Å²) in [6.45, 7) is 2.05. The van der Waals surface area contributed by atoms with Gasteiger partial charge < -0.3 is 15.4 Å². The third-order valence-electron chi connectivity index (χ3n) is 3.22. The van der Waals surface area contributed by atoms with Gasteiger partial charge in [0.25, 0.3) is 5.91 Å². The number of rotatable bonds is 2. The fourth-order valence-corrected chi connectivity index (χ4v) is 2.40. The van der Waals surface area contributed by atoms with Crippen molar-refractivity contribution >= 4 is 11.9 Å². The van der Waals surface area contributed by atoms with Crippen molar-refractivity contribution in [3.05, 3.63) is 11.8 Å². The molecule has 2 aliphatic rings. The van der Waals surface area contributed by atoms with Gasteiger partial charge in [-0.05, 0) is 19.8 Å². The maximum absolute atomic E-state index is 11.7. The number of ether oxygens (including phenoxy) is 1. The Morgan fingerprint density at radius 2 is 2.00 bits per heavy atom. The molecule has 1 aliphatic carbocycles. The minimum atomic E-state index is -0.473. The first kappa shape index (κ1) is 12.0. The zero-order chi connectivity index (χ0) is 12.3. The number of fused-ring (bicyclic) bond motifs is 1. The molecule has 0 radical (unpaired) electrons. The highest BCUT2D eigenvalue weighted by atomic mass is 16.5. The number of hydrogen-bond donors (Lipinski definition) is 2. The number of nitrogens with one attached hydrogen (secondary N) is 2. The van der Waals surface area contributed by atoms with E-state index in [1.54, 1.807) is 6.92 Å². The van der Waals surface area contributed by atoms with E-state index in [-0.39, 0.29) is 18.0 Å². The highest BCUT2D eigenvalue weighted by Crippen LogP contribution is 2.22. The lowest BCUT2D eigenvalue weighted by atomic mass is 9.88. The maximum atomic E-state index is 11.7. The summed E-state index contributed by atoms with van der Waals surface area (Å²) in [5, 5.41) is 6.08. The number of amides is 1. The summed E-state index contributed by atoms with van der Waals surface area (Å²) < 4.78 is 4.79. The molecule has 0 aromatic carbocycles. The number of carbonyl (C=O) groups excluding carboxylic acids is 2. The van der Waals surface area contributed by atoms with E-state index >= 15 is 0 Å². The zero-order valence-electron chi connectivity index (χ0n) is 9.99. The Morgan fingerprint density at radius 3 is 2.65 bits per heavy atom. The average Bonchev–Trinajstić information content (AvgIpc) is 2.30. The Hall–Kier alpha value is -1.52. The Balaban J connectivity index is 2.04. The lowest BCUT2D eigenvalue weighted by Crippen LogP contribution is -2.58. The first-order valence-corrected chi connectivity index (χ1v) is 6.16. The third-order valence-corrected chi connectivity index (χ3v) is 3.22. The summed E-state index contributed by atoms with van der Waals surface area (Å²) in [4.78, 5) is 23.0. The standard InChI is InChI=1S/C12H18N2O3/c1-2-17-11(15)7-10-12(16)14-9-6-4-3-5-8(9)13-10/h7-9,13H,2-6H2,1H3,(H,14,16)/b10-7+. The molecule has 1 heterocycles. The van der Waals surface area contributed by atoms with E-state index in [9.17, 15) is 9.59 Å². The largest absolute Gasteiger partial charge is 0.463 e. The average molecular weight is 238 g/mol. The van der Waals surface area contributed by atoms with Crippen LogP contribution in [0.5, 0.6) is 0 Å². The highest BCUT2D eigenvalue weighted by Gasteiger charge is 2.33. The van der Waals surface area contributed by atoms with Crippen molar-refractivity contribution in [2.45, 2.75) is 44.7 Å². The predicted molar refractivity (Wildman–Crippen MR) is 62.0 cm³/mol. The summed E-state index contributed by atoms with van der Waals surface area (Å²) >= 11 is 0. The Bertz CT molecular complexity index is 352. The second-order valence-electron chi connectivity index (χ2n) is 4.43. The molecule has 17 heavy (non-hydrogen) atoms. The second-order valence-corrected chi connectivity index (χ2v) is 4.43. The van der Waals surface area contributed by atoms with Crippen LogP contribution >= 0.6 is 0 Å². The van der Waals surface area contributed by atoms with Crippen molar-refractivity contribution in [3.8, 4) is 0 Å². The lowest BCUT2D eigenvalue weighted by molar-refractivity contribution is -0.137. The van der Waals surface area contributed by atoms with Crippen LogP contribution in [0.15, 0.2) is 11.8 Å². The van der Waals surface area contributed by atoms with Crippen molar-refractivity contribution in [3.63, 3.8) is 0 Å². The summed E-state index contributed by atoms with van der Waals surface area (Å²) in [7, 11) is 0. The van der Waals surface area contributed by atoms with Gasteiger partial charge in [0.15, 0.2) is 0 Å². The quantitative estimate of drug-likeness (QED) is 0.542. The number of piperazine rings is 1. The van der Waals surface area contributed by atoms with Gasteiger partial charge in [-0.25, -0.2) is 4.79 Å². The van der Waals surface area contributed by atoms with Crippen molar-refractivity contribution < 1.29 is 14.3 Å². The summed E-state index contributed by atoms with van der Waals surface area (Å²) in [6, 6.07) is 0.456. The van der Waals surface area contributed by atoms with Crippen molar-refractivity contribution in [2.75, 3.05) is 6.61 Å². The smallest absolute Gasteiger partial charge is 0.333 e. The van der Waals surface area contributed by atoms with Crippen molar-refractivity contribution in [2.24, 2.45) is 0 Å². The van der Waals surface area contributed by atoms with Crippen LogP contribution in [0, 0.1) is 0 Å². The van der Waals surface area contributed by atoms with Crippen LogP contribution in [0.2, 0.25) is 0 Å². The van der Waals surface area contributed by atoms with Crippen molar-refractivity contribution in [1.29, 1.82) is 0 Å². The molecule has 2 rings (SSSR count). The molecule has 2 N–H and O–H groups in total. The normalized spacial score (nSPS) is 30.2. The minimum Gasteiger partial charge on any atom is -0.463 e.